The van der Waals surface area contributed by atoms with Crippen molar-refractivity contribution in [3.8, 4) is 6.07 Å². The monoisotopic (exact) mass is 224 g/mol. The van der Waals surface area contributed by atoms with Crippen LogP contribution in [-0.2, 0) is 0 Å². The minimum absolute atomic E-state index is 0.0585. The van der Waals surface area contributed by atoms with Crippen LogP contribution in [0.15, 0.2) is 18.2 Å². The molecule has 0 saturated heterocycles. The average Bonchev–Trinajstić information content (AvgIpc) is 2.23. The van der Waals surface area contributed by atoms with Crippen molar-refractivity contribution >= 4 is 0 Å². The van der Waals surface area contributed by atoms with E-state index in [0.717, 1.165) is 18.2 Å². The summed E-state index contributed by atoms with van der Waals surface area (Å²) in [5.41, 5.74) is 0.0585. The lowest BCUT2D eigenvalue weighted by molar-refractivity contribution is 0.503. The number of benzene rings is 1. The van der Waals surface area contributed by atoms with Gasteiger partial charge in [-0.3, -0.25) is 5.32 Å². The third-order valence-corrected chi connectivity index (χ3v) is 2.13. The molecule has 0 aromatic heterocycles. The first kappa shape index (κ1) is 12.6. The molecule has 4 heteroatoms. The van der Waals surface area contributed by atoms with Gasteiger partial charge in [-0.25, -0.2) is 8.78 Å². The fraction of sp³-hybridized carbons (Fsp3) is 0.417. The van der Waals surface area contributed by atoms with Crippen molar-refractivity contribution in [2.45, 2.75) is 19.9 Å². The summed E-state index contributed by atoms with van der Waals surface area (Å²) in [5.74, 6) is -0.764. The first-order chi connectivity index (χ1) is 7.54. The second-order valence-corrected chi connectivity index (χ2v) is 4.03. The van der Waals surface area contributed by atoms with Crippen LogP contribution in [-0.4, -0.2) is 6.54 Å². The molecule has 0 amide bonds. The van der Waals surface area contributed by atoms with Crippen LogP contribution in [0, 0.1) is 28.9 Å². The van der Waals surface area contributed by atoms with Crippen LogP contribution in [0.2, 0.25) is 0 Å². The summed E-state index contributed by atoms with van der Waals surface area (Å²) in [6.07, 6.45) is 0. The number of nitrogens with one attached hydrogen (secondary N) is 1. The van der Waals surface area contributed by atoms with E-state index >= 15 is 0 Å². The van der Waals surface area contributed by atoms with Crippen LogP contribution >= 0.6 is 0 Å². The van der Waals surface area contributed by atoms with Gasteiger partial charge in [0, 0.05) is 5.56 Å². The van der Waals surface area contributed by atoms with Crippen molar-refractivity contribution in [3.63, 3.8) is 0 Å². The zero-order valence-electron chi connectivity index (χ0n) is 9.30. The zero-order valence-corrected chi connectivity index (χ0v) is 9.30. The predicted molar refractivity (Wildman–Crippen MR) is 57.6 cm³/mol. The maximum atomic E-state index is 13.4. The molecule has 0 saturated carbocycles. The zero-order chi connectivity index (χ0) is 12.1. The summed E-state index contributed by atoms with van der Waals surface area (Å²) >= 11 is 0. The molecule has 0 bridgehead atoms. The van der Waals surface area contributed by atoms with Gasteiger partial charge in [-0.1, -0.05) is 13.8 Å². The van der Waals surface area contributed by atoms with Gasteiger partial charge in [0.2, 0.25) is 0 Å². The predicted octanol–water partition coefficient (Wildman–Crippen LogP) is 2.78. The van der Waals surface area contributed by atoms with Crippen molar-refractivity contribution < 1.29 is 8.78 Å². The molecule has 0 aliphatic carbocycles. The fourth-order valence-corrected chi connectivity index (χ4v) is 1.31. The minimum Gasteiger partial charge on any atom is -0.298 e. The lowest BCUT2D eigenvalue weighted by atomic mass is 10.1. The molecule has 0 aliphatic rings. The van der Waals surface area contributed by atoms with Crippen LogP contribution in [0.1, 0.15) is 25.5 Å². The summed E-state index contributed by atoms with van der Waals surface area (Å²) in [7, 11) is 0. The van der Waals surface area contributed by atoms with Gasteiger partial charge in [0.05, 0.1) is 6.07 Å². The Morgan fingerprint density at radius 1 is 1.38 bits per heavy atom. The second kappa shape index (κ2) is 5.57. The van der Waals surface area contributed by atoms with Gasteiger partial charge < -0.3 is 0 Å². The van der Waals surface area contributed by atoms with E-state index in [4.69, 9.17) is 5.26 Å². The molecule has 1 aromatic carbocycles. The average molecular weight is 224 g/mol. The first-order valence-corrected chi connectivity index (χ1v) is 5.12. The summed E-state index contributed by atoms with van der Waals surface area (Å²) in [6, 6.07) is 4.24. The van der Waals surface area contributed by atoms with Gasteiger partial charge in [0.25, 0.3) is 0 Å². The van der Waals surface area contributed by atoms with Crippen LogP contribution in [0.5, 0.6) is 0 Å². The van der Waals surface area contributed by atoms with Crippen molar-refractivity contribution in [2.24, 2.45) is 5.92 Å². The topological polar surface area (TPSA) is 35.8 Å². The number of hydrogen-bond donors (Lipinski definition) is 1. The fourth-order valence-electron chi connectivity index (χ4n) is 1.31. The Hall–Kier alpha value is -1.47. The molecule has 0 aliphatic heterocycles. The SMILES string of the molecule is CC(C)CNC(C#N)c1cc(F)ccc1F. The van der Waals surface area contributed by atoms with E-state index in [1.165, 1.54) is 0 Å². The van der Waals surface area contributed by atoms with Crippen molar-refractivity contribution in [1.29, 1.82) is 5.26 Å². The molecule has 0 spiro atoms. The highest BCUT2D eigenvalue weighted by Gasteiger charge is 2.15. The molecule has 1 N–H and O–H groups in total. The molecule has 1 rings (SSSR count). The van der Waals surface area contributed by atoms with E-state index in [0.29, 0.717) is 12.5 Å². The van der Waals surface area contributed by atoms with Crippen LogP contribution in [0.4, 0.5) is 8.78 Å². The third kappa shape index (κ3) is 3.28. The first-order valence-electron chi connectivity index (χ1n) is 5.12. The highest BCUT2D eigenvalue weighted by molar-refractivity contribution is 5.26. The molecular weight excluding hydrogens is 210 g/mol. The Morgan fingerprint density at radius 3 is 2.62 bits per heavy atom. The smallest absolute Gasteiger partial charge is 0.129 e. The molecule has 0 heterocycles. The lowest BCUT2D eigenvalue weighted by Gasteiger charge is -2.14. The van der Waals surface area contributed by atoms with E-state index < -0.39 is 17.7 Å². The van der Waals surface area contributed by atoms with Gasteiger partial charge in [-0.15, -0.1) is 0 Å². The maximum absolute atomic E-state index is 13.4. The quantitative estimate of drug-likeness (QED) is 0.853. The maximum Gasteiger partial charge on any atom is 0.129 e. The number of rotatable bonds is 4. The number of nitrogens with zero attached hydrogens (tertiary/aromatic N) is 1. The van der Waals surface area contributed by atoms with Gasteiger partial charge in [0.1, 0.15) is 17.7 Å². The Kier molecular flexibility index (Phi) is 4.39. The van der Waals surface area contributed by atoms with Gasteiger partial charge in [0.15, 0.2) is 0 Å². The molecule has 0 radical (unpaired) electrons. The Morgan fingerprint density at radius 2 is 2.06 bits per heavy atom. The molecule has 0 fully saturated rings. The number of hydrogen-bond acceptors (Lipinski definition) is 2. The van der Waals surface area contributed by atoms with Gasteiger partial charge >= 0.3 is 0 Å². The highest BCUT2D eigenvalue weighted by atomic mass is 19.1. The standard InChI is InChI=1S/C12H14F2N2/c1-8(2)7-16-12(6-15)10-5-9(13)3-4-11(10)14/h3-5,8,12,16H,7H2,1-2H3. The van der Waals surface area contributed by atoms with Crippen LogP contribution in [0.25, 0.3) is 0 Å². The second-order valence-electron chi connectivity index (χ2n) is 4.03. The van der Waals surface area contributed by atoms with E-state index in [2.05, 4.69) is 5.32 Å². The van der Waals surface area contributed by atoms with E-state index in [1.54, 1.807) is 0 Å². The van der Waals surface area contributed by atoms with E-state index in [9.17, 15) is 8.78 Å². The Balaban J connectivity index is 2.87. The summed E-state index contributed by atoms with van der Waals surface area (Å²) in [6.45, 7) is 4.53. The molecule has 1 aromatic rings. The normalized spacial score (nSPS) is 12.5. The molecule has 16 heavy (non-hydrogen) atoms. The van der Waals surface area contributed by atoms with Crippen LogP contribution in [0.3, 0.4) is 0 Å². The summed E-state index contributed by atoms with van der Waals surface area (Å²) < 4.78 is 26.3. The number of halogens is 2. The highest BCUT2D eigenvalue weighted by Crippen LogP contribution is 2.18. The molecular formula is C12H14F2N2. The molecule has 1 atom stereocenters. The largest absolute Gasteiger partial charge is 0.298 e. The van der Waals surface area contributed by atoms with E-state index in [-0.39, 0.29) is 5.56 Å². The van der Waals surface area contributed by atoms with Crippen molar-refractivity contribution in [2.75, 3.05) is 6.54 Å². The Labute approximate surface area is 93.9 Å². The van der Waals surface area contributed by atoms with Crippen molar-refractivity contribution in [3.05, 3.63) is 35.4 Å². The van der Waals surface area contributed by atoms with Gasteiger partial charge in [-0.2, -0.15) is 5.26 Å². The lowest BCUT2D eigenvalue weighted by Crippen LogP contribution is -2.25. The molecule has 86 valence electrons. The minimum atomic E-state index is -0.807. The van der Waals surface area contributed by atoms with Gasteiger partial charge in [-0.05, 0) is 30.7 Å². The van der Waals surface area contributed by atoms with Crippen molar-refractivity contribution in [1.82, 2.24) is 5.32 Å². The molecule has 2 nitrogen and oxygen atoms in total. The summed E-state index contributed by atoms with van der Waals surface area (Å²) in [5, 5.41) is 11.8. The Bertz CT molecular complexity index is 396. The van der Waals surface area contributed by atoms with Crippen LogP contribution < -0.4 is 5.32 Å². The number of nitriles is 1. The third-order valence-electron chi connectivity index (χ3n) is 2.13. The van der Waals surface area contributed by atoms with E-state index in [1.807, 2.05) is 19.9 Å². The summed E-state index contributed by atoms with van der Waals surface area (Å²) in [4.78, 5) is 0. The molecule has 1 unspecified atom stereocenters.